The molecule has 1 heterocycles. The van der Waals surface area contributed by atoms with Crippen LogP contribution >= 0.6 is 0 Å². The van der Waals surface area contributed by atoms with Gasteiger partial charge >= 0.3 is 0 Å². The van der Waals surface area contributed by atoms with E-state index in [1.54, 1.807) is 0 Å². The molecule has 3 heteroatoms. The Morgan fingerprint density at radius 2 is 2.20 bits per heavy atom. The number of ether oxygens (including phenoxy) is 1. The van der Waals surface area contributed by atoms with Crippen LogP contribution in [0.1, 0.15) is 33.6 Å². The molecule has 15 heavy (non-hydrogen) atoms. The first-order valence-electron chi connectivity index (χ1n) is 6.17. The Bertz CT molecular complexity index is 175. The summed E-state index contributed by atoms with van der Waals surface area (Å²) in [6.45, 7) is 10.1. The van der Waals surface area contributed by atoms with Crippen LogP contribution in [0, 0.1) is 0 Å². The van der Waals surface area contributed by atoms with Crippen molar-refractivity contribution in [2.24, 2.45) is 0 Å². The van der Waals surface area contributed by atoms with Crippen LogP contribution in [0.4, 0.5) is 0 Å². The van der Waals surface area contributed by atoms with E-state index in [0.29, 0.717) is 18.2 Å². The van der Waals surface area contributed by atoms with Crippen molar-refractivity contribution in [1.82, 2.24) is 10.2 Å². The van der Waals surface area contributed by atoms with Crippen LogP contribution in [0.15, 0.2) is 0 Å². The van der Waals surface area contributed by atoms with E-state index >= 15 is 0 Å². The van der Waals surface area contributed by atoms with E-state index in [9.17, 15) is 0 Å². The quantitative estimate of drug-likeness (QED) is 0.725. The lowest BCUT2D eigenvalue weighted by Gasteiger charge is -2.27. The monoisotopic (exact) mass is 214 g/mol. The van der Waals surface area contributed by atoms with Crippen molar-refractivity contribution < 1.29 is 4.74 Å². The summed E-state index contributed by atoms with van der Waals surface area (Å²) in [5.41, 5.74) is 0. The zero-order valence-electron chi connectivity index (χ0n) is 10.6. The fourth-order valence-corrected chi connectivity index (χ4v) is 2.44. The highest BCUT2D eigenvalue weighted by Crippen LogP contribution is 2.17. The fraction of sp³-hybridized carbons (Fsp3) is 1.00. The first-order valence-corrected chi connectivity index (χ1v) is 6.17. The third kappa shape index (κ3) is 4.09. The van der Waals surface area contributed by atoms with Crippen molar-refractivity contribution in [3.05, 3.63) is 0 Å². The van der Waals surface area contributed by atoms with Gasteiger partial charge in [-0.25, -0.2) is 0 Å². The van der Waals surface area contributed by atoms with Crippen molar-refractivity contribution in [2.45, 2.75) is 51.8 Å². The molecule has 1 aliphatic rings. The van der Waals surface area contributed by atoms with Crippen LogP contribution in [-0.2, 0) is 4.74 Å². The van der Waals surface area contributed by atoms with Crippen LogP contribution in [0.2, 0.25) is 0 Å². The fourth-order valence-electron chi connectivity index (χ4n) is 2.44. The van der Waals surface area contributed by atoms with E-state index in [1.165, 1.54) is 19.4 Å². The van der Waals surface area contributed by atoms with Crippen LogP contribution in [0.5, 0.6) is 0 Å². The maximum atomic E-state index is 5.39. The van der Waals surface area contributed by atoms with Gasteiger partial charge in [0.1, 0.15) is 0 Å². The molecule has 90 valence electrons. The van der Waals surface area contributed by atoms with Crippen molar-refractivity contribution in [3.8, 4) is 0 Å². The highest BCUT2D eigenvalue weighted by atomic mass is 16.5. The minimum Gasteiger partial charge on any atom is -0.380 e. The third-order valence-corrected chi connectivity index (χ3v) is 3.38. The molecule has 0 aromatic heterocycles. The third-order valence-electron chi connectivity index (χ3n) is 3.38. The SMILES string of the molecule is CCNC(C)CC(C)N1CCC(OC)C1. The van der Waals surface area contributed by atoms with Gasteiger partial charge in [-0.1, -0.05) is 6.92 Å². The highest BCUT2D eigenvalue weighted by molar-refractivity contribution is 4.81. The number of likely N-dealkylation sites (tertiary alicyclic amines) is 1. The van der Waals surface area contributed by atoms with Gasteiger partial charge in [0.15, 0.2) is 0 Å². The molecule has 1 N–H and O–H groups in total. The van der Waals surface area contributed by atoms with Crippen LogP contribution in [-0.4, -0.2) is 49.8 Å². The van der Waals surface area contributed by atoms with Gasteiger partial charge in [-0.3, -0.25) is 4.90 Å². The molecule has 3 nitrogen and oxygen atoms in total. The topological polar surface area (TPSA) is 24.5 Å². The van der Waals surface area contributed by atoms with E-state index in [4.69, 9.17) is 4.74 Å². The molecule has 1 rings (SSSR count). The normalized spacial score (nSPS) is 26.8. The molecule has 3 unspecified atom stereocenters. The molecule has 0 amide bonds. The first-order chi connectivity index (χ1) is 7.17. The smallest absolute Gasteiger partial charge is 0.0710 e. The Morgan fingerprint density at radius 1 is 1.47 bits per heavy atom. The lowest BCUT2D eigenvalue weighted by Crippen LogP contribution is -2.38. The van der Waals surface area contributed by atoms with E-state index < -0.39 is 0 Å². The van der Waals surface area contributed by atoms with Gasteiger partial charge in [-0.15, -0.1) is 0 Å². The van der Waals surface area contributed by atoms with Crippen LogP contribution < -0.4 is 5.32 Å². The summed E-state index contributed by atoms with van der Waals surface area (Å²) in [4.78, 5) is 2.54. The largest absolute Gasteiger partial charge is 0.380 e. The van der Waals surface area contributed by atoms with E-state index in [2.05, 4.69) is 31.0 Å². The summed E-state index contributed by atoms with van der Waals surface area (Å²) in [5.74, 6) is 0. The summed E-state index contributed by atoms with van der Waals surface area (Å²) in [6.07, 6.45) is 2.88. The standard InChI is InChI=1S/C12H26N2O/c1-5-13-10(2)8-11(3)14-7-6-12(9-14)15-4/h10-13H,5-9H2,1-4H3. The zero-order valence-corrected chi connectivity index (χ0v) is 10.6. The summed E-state index contributed by atoms with van der Waals surface area (Å²) >= 11 is 0. The second kappa shape index (κ2) is 6.46. The van der Waals surface area contributed by atoms with Crippen LogP contribution in [0.25, 0.3) is 0 Å². The maximum Gasteiger partial charge on any atom is 0.0710 e. The number of hydrogen-bond donors (Lipinski definition) is 1. The minimum absolute atomic E-state index is 0.460. The van der Waals surface area contributed by atoms with Crippen molar-refractivity contribution in [1.29, 1.82) is 0 Å². The van der Waals surface area contributed by atoms with Gasteiger partial charge in [-0.2, -0.15) is 0 Å². The number of hydrogen-bond acceptors (Lipinski definition) is 3. The summed E-state index contributed by atoms with van der Waals surface area (Å²) in [6, 6.07) is 1.28. The Labute approximate surface area is 94.2 Å². The summed E-state index contributed by atoms with van der Waals surface area (Å²) in [7, 11) is 1.82. The van der Waals surface area contributed by atoms with Gasteiger partial charge in [0.25, 0.3) is 0 Å². The zero-order chi connectivity index (χ0) is 11.3. The molecule has 0 radical (unpaired) electrons. The second-order valence-electron chi connectivity index (χ2n) is 4.68. The summed E-state index contributed by atoms with van der Waals surface area (Å²) < 4.78 is 5.39. The number of rotatable bonds is 6. The van der Waals surface area contributed by atoms with Gasteiger partial charge in [-0.05, 0) is 33.2 Å². The maximum absolute atomic E-state index is 5.39. The van der Waals surface area contributed by atoms with E-state index in [-0.39, 0.29) is 0 Å². The highest BCUT2D eigenvalue weighted by Gasteiger charge is 2.26. The molecule has 0 aromatic rings. The van der Waals surface area contributed by atoms with Gasteiger partial charge < -0.3 is 10.1 Å². The number of nitrogens with one attached hydrogen (secondary N) is 1. The van der Waals surface area contributed by atoms with E-state index in [0.717, 1.165) is 13.1 Å². The lowest BCUT2D eigenvalue weighted by molar-refractivity contribution is 0.100. The molecule has 1 saturated heterocycles. The van der Waals surface area contributed by atoms with Gasteiger partial charge in [0, 0.05) is 32.3 Å². The molecule has 0 aromatic carbocycles. The minimum atomic E-state index is 0.460. The molecular formula is C12H26N2O. The first kappa shape index (κ1) is 12.9. The Kier molecular flexibility index (Phi) is 5.58. The van der Waals surface area contributed by atoms with Gasteiger partial charge in [0.2, 0.25) is 0 Å². The molecule has 1 fully saturated rings. The molecule has 1 aliphatic heterocycles. The average molecular weight is 214 g/mol. The van der Waals surface area contributed by atoms with Gasteiger partial charge in [0.05, 0.1) is 6.10 Å². The number of methoxy groups -OCH3 is 1. The lowest BCUT2D eigenvalue weighted by atomic mass is 10.1. The van der Waals surface area contributed by atoms with Crippen molar-refractivity contribution in [3.63, 3.8) is 0 Å². The Balaban J connectivity index is 2.25. The Hall–Kier alpha value is -0.120. The van der Waals surface area contributed by atoms with Crippen molar-refractivity contribution >= 4 is 0 Å². The van der Waals surface area contributed by atoms with Crippen LogP contribution in [0.3, 0.4) is 0 Å². The second-order valence-corrected chi connectivity index (χ2v) is 4.68. The summed E-state index contributed by atoms with van der Waals surface area (Å²) in [5, 5.41) is 3.47. The predicted molar refractivity (Wildman–Crippen MR) is 64.2 cm³/mol. The predicted octanol–water partition coefficient (Wildman–Crippen LogP) is 1.48. The molecule has 3 atom stereocenters. The molecule has 0 bridgehead atoms. The molecular weight excluding hydrogens is 188 g/mol. The molecule has 0 spiro atoms. The van der Waals surface area contributed by atoms with E-state index in [1.807, 2.05) is 7.11 Å². The average Bonchev–Trinajstić information content (AvgIpc) is 2.66. The van der Waals surface area contributed by atoms with Crippen molar-refractivity contribution in [2.75, 3.05) is 26.7 Å². The molecule has 0 saturated carbocycles. The molecule has 0 aliphatic carbocycles. The number of nitrogens with zero attached hydrogens (tertiary/aromatic N) is 1. The Morgan fingerprint density at radius 3 is 2.73 bits per heavy atom.